The van der Waals surface area contributed by atoms with Crippen molar-refractivity contribution in [3.05, 3.63) is 47.6 Å². The number of aromatic nitrogens is 2. The number of nitrogens with zero attached hydrogens (tertiary/aromatic N) is 2. The monoisotopic (exact) mass is 225 g/mol. The predicted molar refractivity (Wildman–Crippen MR) is 58.8 cm³/mol. The van der Waals surface area contributed by atoms with Crippen LogP contribution >= 0.6 is 12.4 Å². The van der Waals surface area contributed by atoms with Gasteiger partial charge in [0.1, 0.15) is 6.04 Å². The first-order valence-corrected chi connectivity index (χ1v) is 4.38. The minimum Gasteiger partial charge on any atom is -0.337 e. The lowest BCUT2D eigenvalue weighted by atomic mass is 10.1. The zero-order valence-corrected chi connectivity index (χ0v) is 9.07. The lowest BCUT2D eigenvalue weighted by molar-refractivity contribution is 0.364. The van der Waals surface area contributed by atoms with E-state index in [1.807, 2.05) is 30.3 Å². The van der Waals surface area contributed by atoms with E-state index in [1.165, 1.54) is 0 Å². The fourth-order valence-electron chi connectivity index (χ4n) is 1.24. The van der Waals surface area contributed by atoms with Gasteiger partial charge in [-0.25, -0.2) is 0 Å². The molecule has 0 amide bonds. The van der Waals surface area contributed by atoms with Gasteiger partial charge in [-0.05, 0) is 12.5 Å². The van der Waals surface area contributed by atoms with Crippen molar-refractivity contribution in [2.75, 3.05) is 0 Å². The average Bonchev–Trinajstić information content (AvgIpc) is 2.65. The van der Waals surface area contributed by atoms with E-state index in [4.69, 9.17) is 10.3 Å². The Balaban J connectivity index is 0.00000112. The molecule has 1 aromatic carbocycles. The van der Waals surface area contributed by atoms with Gasteiger partial charge in [0.15, 0.2) is 5.82 Å². The smallest absolute Gasteiger partial charge is 0.248 e. The molecule has 0 fully saturated rings. The van der Waals surface area contributed by atoms with Gasteiger partial charge in [-0.2, -0.15) is 4.98 Å². The third kappa shape index (κ3) is 2.55. The molecule has 0 radical (unpaired) electrons. The second kappa shape index (κ2) is 4.91. The van der Waals surface area contributed by atoms with Crippen molar-refractivity contribution in [2.24, 2.45) is 5.73 Å². The number of rotatable bonds is 2. The largest absolute Gasteiger partial charge is 0.337 e. The van der Waals surface area contributed by atoms with Crippen molar-refractivity contribution in [1.82, 2.24) is 10.1 Å². The van der Waals surface area contributed by atoms with Crippen LogP contribution in [0.15, 0.2) is 34.9 Å². The summed E-state index contributed by atoms with van der Waals surface area (Å²) in [6.07, 6.45) is 0. The average molecular weight is 226 g/mol. The first-order valence-electron chi connectivity index (χ1n) is 4.38. The summed E-state index contributed by atoms with van der Waals surface area (Å²) in [6.45, 7) is 1.77. The molecule has 1 atom stereocenters. The highest BCUT2D eigenvalue weighted by molar-refractivity contribution is 5.85. The Morgan fingerprint density at radius 2 is 1.93 bits per heavy atom. The van der Waals surface area contributed by atoms with Crippen molar-refractivity contribution in [3.63, 3.8) is 0 Å². The third-order valence-electron chi connectivity index (χ3n) is 1.97. The highest BCUT2D eigenvalue weighted by atomic mass is 35.5. The van der Waals surface area contributed by atoms with E-state index in [2.05, 4.69) is 10.1 Å². The van der Waals surface area contributed by atoms with Gasteiger partial charge >= 0.3 is 0 Å². The van der Waals surface area contributed by atoms with E-state index in [0.29, 0.717) is 11.7 Å². The number of hydrogen-bond donors (Lipinski definition) is 1. The van der Waals surface area contributed by atoms with Crippen LogP contribution in [0.2, 0.25) is 0 Å². The Morgan fingerprint density at radius 3 is 2.47 bits per heavy atom. The van der Waals surface area contributed by atoms with E-state index < -0.39 is 0 Å². The van der Waals surface area contributed by atoms with Gasteiger partial charge in [0.25, 0.3) is 0 Å². The van der Waals surface area contributed by atoms with E-state index >= 15 is 0 Å². The summed E-state index contributed by atoms with van der Waals surface area (Å²) in [5.41, 5.74) is 6.90. The molecule has 0 aliphatic heterocycles. The minimum atomic E-state index is -0.336. The van der Waals surface area contributed by atoms with Gasteiger partial charge in [-0.3, -0.25) is 0 Å². The normalized spacial score (nSPS) is 11.9. The maximum absolute atomic E-state index is 5.93. The Kier molecular flexibility index (Phi) is 3.82. The molecule has 2 aromatic rings. The summed E-state index contributed by atoms with van der Waals surface area (Å²) < 4.78 is 4.99. The molecule has 1 unspecified atom stereocenters. The molecule has 0 saturated carbocycles. The molecule has 2 N–H and O–H groups in total. The Bertz CT molecular complexity index is 416. The number of hydrogen-bond acceptors (Lipinski definition) is 4. The molecular formula is C10H12ClN3O. The van der Waals surface area contributed by atoms with Crippen molar-refractivity contribution in [2.45, 2.75) is 13.0 Å². The van der Waals surface area contributed by atoms with E-state index in [-0.39, 0.29) is 18.4 Å². The summed E-state index contributed by atoms with van der Waals surface area (Å²) in [7, 11) is 0. The fourth-order valence-corrected chi connectivity index (χ4v) is 1.24. The van der Waals surface area contributed by atoms with Gasteiger partial charge in [0, 0.05) is 0 Å². The van der Waals surface area contributed by atoms with Crippen LogP contribution in [-0.4, -0.2) is 10.1 Å². The summed E-state index contributed by atoms with van der Waals surface area (Å²) >= 11 is 0. The second-order valence-corrected chi connectivity index (χ2v) is 3.07. The molecule has 1 heterocycles. The van der Waals surface area contributed by atoms with Gasteiger partial charge in [-0.1, -0.05) is 35.5 Å². The molecule has 0 spiro atoms. The fraction of sp³-hybridized carbons (Fsp3) is 0.200. The molecule has 0 saturated heterocycles. The van der Waals surface area contributed by atoms with E-state index in [9.17, 15) is 0 Å². The van der Waals surface area contributed by atoms with Crippen LogP contribution in [0.5, 0.6) is 0 Å². The molecule has 2 rings (SSSR count). The molecule has 0 bridgehead atoms. The van der Waals surface area contributed by atoms with Crippen LogP contribution in [0.4, 0.5) is 0 Å². The number of halogens is 1. The molecule has 0 aliphatic carbocycles. The predicted octanol–water partition coefficient (Wildman–Crippen LogP) is 1.85. The minimum absolute atomic E-state index is 0. The van der Waals surface area contributed by atoms with Crippen LogP contribution < -0.4 is 5.73 Å². The maximum Gasteiger partial charge on any atom is 0.248 e. The van der Waals surface area contributed by atoms with Crippen LogP contribution in [0.25, 0.3) is 0 Å². The lowest BCUT2D eigenvalue weighted by Crippen LogP contribution is -2.11. The van der Waals surface area contributed by atoms with E-state index in [0.717, 1.165) is 5.56 Å². The Labute approximate surface area is 93.9 Å². The lowest BCUT2D eigenvalue weighted by Gasteiger charge is -2.05. The standard InChI is InChI=1S/C10H11N3O.ClH/c1-7-12-10(14-13-7)9(11)8-5-3-2-4-6-8;/h2-6,9H,11H2,1H3;1H. The van der Waals surface area contributed by atoms with Gasteiger partial charge in [0.05, 0.1) is 0 Å². The molecule has 5 heteroatoms. The molecule has 80 valence electrons. The van der Waals surface area contributed by atoms with Crippen LogP contribution in [0.3, 0.4) is 0 Å². The van der Waals surface area contributed by atoms with Gasteiger partial charge in [0.2, 0.25) is 5.89 Å². The third-order valence-corrected chi connectivity index (χ3v) is 1.97. The highest BCUT2D eigenvalue weighted by Gasteiger charge is 2.14. The van der Waals surface area contributed by atoms with Crippen LogP contribution in [0.1, 0.15) is 23.3 Å². The zero-order chi connectivity index (χ0) is 9.97. The number of benzene rings is 1. The van der Waals surface area contributed by atoms with Crippen molar-refractivity contribution < 1.29 is 4.52 Å². The number of aryl methyl sites for hydroxylation is 1. The first-order chi connectivity index (χ1) is 6.77. The van der Waals surface area contributed by atoms with Crippen LogP contribution in [0, 0.1) is 6.92 Å². The van der Waals surface area contributed by atoms with Crippen LogP contribution in [-0.2, 0) is 0 Å². The molecule has 15 heavy (non-hydrogen) atoms. The van der Waals surface area contributed by atoms with Gasteiger partial charge in [-0.15, -0.1) is 12.4 Å². The molecule has 4 nitrogen and oxygen atoms in total. The Morgan fingerprint density at radius 1 is 1.27 bits per heavy atom. The summed E-state index contributed by atoms with van der Waals surface area (Å²) in [6, 6.07) is 9.33. The van der Waals surface area contributed by atoms with Crippen molar-refractivity contribution in [1.29, 1.82) is 0 Å². The quantitative estimate of drug-likeness (QED) is 0.847. The SMILES string of the molecule is Cc1noc(C(N)c2ccccc2)n1.Cl. The summed E-state index contributed by atoms with van der Waals surface area (Å²) in [4.78, 5) is 4.08. The second-order valence-electron chi connectivity index (χ2n) is 3.07. The molecule has 0 aliphatic rings. The Hall–Kier alpha value is -1.39. The first kappa shape index (κ1) is 11.7. The summed E-state index contributed by atoms with van der Waals surface area (Å²) in [5.74, 6) is 1.06. The summed E-state index contributed by atoms with van der Waals surface area (Å²) in [5, 5.41) is 3.70. The maximum atomic E-state index is 5.93. The molecular weight excluding hydrogens is 214 g/mol. The highest BCUT2D eigenvalue weighted by Crippen LogP contribution is 2.16. The topological polar surface area (TPSA) is 64.9 Å². The number of nitrogens with two attached hydrogens (primary N) is 1. The van der Waals surface area contributed by atoms with E-state index in [1.54, 1.807) is 6.92 Å². The van der Waals surface area contributed by atoms with Crippen molar-refractivity contribution in [3.8, 4) is 0 Å². The zero-order valence-electron chi connectivity index (χ0n) is 8.25. The molecule has 1 aromatic heterocycles. The van der Waals surface area contributed by atoms with Crippen molar-refractivity contribution >= 4 is 12.4 Å². The van der Waals surface area contributed by atoms with Gasteiger partial charge < -0.3 is 10.3 Å².